The molecule has 0 aliphatic carbocycles. The van der Waals surface area contributed by atoms with Crippen LogP contribution < -0.4 is 0 Å². The van der Waals surface area contributed by atoms with Crippen molar-refractivity contribution in [3.63, 3.8) is 0 Å². The van der Waals surface area contributed by atoms with Crippen molar-refractivity contribution < 1.29 is 22.7 Å². The monoisotopic (exact) mass is 292 g/mol. The summed E-state index contributed by atoms with van der Waals surface area (Å²) in [5, 5.41) is 0. The fourth-order valence-electron chi connectivity index (χ4n) is 1.62. The van der Waals surface area contributed by atoms with Crippen molar-refractivity contribution in [2.24, 2.45) is 0 Å². The second kappa shape index (κ2) is 5.36. The molecule has 0 N–H and O–H groups in total. The van der Waals surface area contributed by atoms with Crippen LogP contribution in [0.25, 0.3) is 0 Å². The lowest BCUT2D eigenvalue weighted by molar-refractivity contribution is -0.126. The Bertz CT molecular complexity index is 466. The van der Waals surface area contributed by atoms with Crippen LogP contribution >= 0.6 is 0 Å². The summed E-state index contributed by atoms with van der Waals surface area (Å²) in [5.41, 5.74) is -0.784. The molecule has 0 bridgehead atoms. The number of carbonyl (C=O) groups is 2. The standard InChI is InChI=1S/C11H20N2O5S/c1-5-6-9(14)12-7-8-13(19(12,16)17)10(15)18-11(2,3)4/h5-8H2,1-4H3. The molecule has 1 heterocycles. The minimum absolute atomic E-state index is 0.0135. The van der Waals surface area contributed by atoms with Gasteiger partial charge >= 0.3 is 16.3 Å². The van der Waals surface area contributed by atoms with Crippen LogP contribution in [0.15, 0.2) is 0 Å². The maximum Gasteiger partial charge on any atom is 0.425 e. The Hall–Kier alpha value is -1.31. The summed E-state index contributed by atoms with van der Waals surface area (Å²) in [4.78, 5) is 23.5. The van der Waals surface area contributed by atoms with Crippen molar-refractivity contribution >= 4 is 22.2 Å². The van der Waals surface area contributed by atoms with Gasteiger partial charge in [-0.25, -0.2) is 9.10 Å². The number of rotatable bonds is 2. The van der Waals surface area contributed by atoms with E-state index in [0.29, 0.717) is 10.7 Å². The third-order valence-corrected chi connectivity index (χ3v) is 4.23. The molecule has 0 saturated carbocycles. The van der Waals surface area contributed by atoms with Gasteiger partial charge < -0.3 is 4.74 Å². The van der Waals surface area contributed by atoms with Crippen molar-refractivity contribution in [1.82, 2.24) is 8.61 Å². The molecule has 19 heavy (non-hydrogen) atoms. The van der Waals surface area contributed by atoms with Crippen molar-refractivity contribution in [1.29, 1.82) is 0 Å². The number of nitrogens with zero attached hydrogens (tertiary/aromatic N) is 2. The Balaban J connectivity index is 2.86. The first-order valence-electron chi connectivity index (χ1n) is 6.16. The molecule has 0 aromatic carbocycles. The minimum atomic E-state index is -4.08. The topological polar surface area (TPSA) is 84.0 Å². The van der Waals surface area contributed by atoms with Crippen LogP contribution in [0.5, 0.6) is 0 Å². The summed E-state index contributed by atoms with van der Waals surface area (Å²) < 4.78 is 30.5. The maximum atomic E-state index is 12.1. The van der Waals surface area contributed by atoms with E-state index in [4.69, 9.17) is 4.74 Å². The second-order valence-electron chi connectivity index (χ2n) is 5.28. The lowest BCUT2D eigenvalue weighted by Crippen LogP contribution is -2.42. The van der Waals surface area contributed by atoms with Gasteiger partial charge in [0.2, 0.25) is 5.91 Å². The molecule has 1 aliphatic heterocycles. The lowest BCUT2D eigenvalue weighted by Gasteiger charge is -2.24. The van der Waals surface area contributed by atoms with E-state index < -0.39 is 27.8 Å². The molecule has 0 unspecified atom stereocenters. The molecule has 7 nitrogen and oxygen atoms in total. The Morgan fingerprint density at radius 1 is 1.16 bits per heavy atom. The molecule has 1 rings (SSSR count). The summed E-state index contributed by atoms with van der Waals surface area (Å²) in [6, 6.07) is 0. The highest BCUT2D eigenvalue weighted by atomic mass is 32.2. The van der Waals surface area contributed by atoms with Crippen LogP contribution in [0.2, 0.25) is 0 Å². The highest BCUT2D eigenvalue weighted by Crippen LogP contribution is 2.21. The third kappa shape index (κ3) is 3.59. The normalized spacial score (nSPS) is 18.5. The smallest absolute Gasteiger partial charge is 0.425 e. The average molecular weight is 292 g/mol. The molecule has 0 spiro atoms. The van der Waals surface area contributed by atoms with Gasteiger partial charge in [0.15, 0.2) is 0 Å². The van der Waals surface area contributed by atoms with Gasteiger partial charge in [-0.15, -0.1) is 0 Å². The summed E-state index contributed by atoms with van der Waals surface area (Å²) >= 11 is 0. The summed E-state index contributed by atoms with van der Waals surface area (Å²) in [6.45, 7) is 6.65. The zero-order chi connectivity index (χ0) is 14.8. The quantitative estimate of drug-likeness (QED) is 0.761. The van der Waals surface area contributed by atoms with Crippen LogP contribution in [0, 0.1) is 0 Å². The van der Waals surface area contributed by atoms with E-state index in [-0.39, 0.29) is 19.5 Å². The zero-order valence-corrected chi connectivity index (χ0v) is 12.5. The molecule has 0 atom stereocenters. The van der Waals surface area contributed by atoms with E-state index >= 15 is 0 Å². The molecule has 1 fully saturated rings. The van der Waals surface area contributed by atoms with Gasteiger partial charge in [0, 0.05) is 6.42 Å². The summed E-state index contributed by atoms with van der Waals surface area (Å²) in [5.74, 6) is -0.492. The van der Waals surface area contributed by atoms with E-state index in [0.717, 1.165) is 4.31 Å². The van der Waals surface area contributed by atoms with Gasteiger partial charge in [-0.2, -0.15) is 12.7 Å². The molecule has 0 aromatic rings. The minimum Gasteiger partial charge on any atom is -0.443 e. The Kier molecular flexibility index (Phi) is 4.44. The highest BCUT2D eigenvalue weighted by molar-refractivity contribution is 7.88. The fraction of sp³-hybridized carbons (Fsp3) is 0.818. The maximum absolute atomic E-state index is 12.1. The summed E-state index contributed by atoms with van der Waals surface area (Å²) in [7, 11) is -4.08. The van der Waals surface area contributed by atoms with E-state index in [1.165, 1.54) is 0 Å². The highest BCUT2D eigenvalue weighted by Gasteiger charge is 2.43. The molecule has 8 heteroatoms. The molecule has 0 radical (unpaired) electrons. The van der Waals surface area contributed by atoms with Crippen LogP contribution in [0.1, 0.15) is 40.5 Å². The number of amides is 2. The van der Waals surface area contributed by atoms with Crippen LogP contribution in [-0.2, 0) is 19.7 Å². The molecular weight excluding hydrogens is 272 g/mol. The number of carbonyl (C=O) groups excluding carboxylic acids is 2. The first-order valence-corrected chi connectivity index (χ1v) is 7.55. The van der Waals surface area contributed by atoms with Gasteiger partial charge in [-0.1, -0.05) is 6.92 Å². The molecule has 0 aromatic heterocycles. The van der Waals surface area contributed by atoms with Gasteiger partial charge in [-0.3, -0.25) is 4.79 Å². The van der Waals surface area contributed by atoms with Crippen molar-refractivity contribution in [3.05, 3.63) is 0 Å². The molecule has 1 saturated heterocycles. The van der Waals surface area contributed by atoms with Gasteiger partial charge in [-0.05, 0) is 27.2 Å². The molecular formula is C11H20N2O5S. The van der Waals surface area contributed by atoms with Gasteiger partial charge in [0.25, 0.3) is 0 Å². The van der Waals surface area contributed by atoms with Crippen LogP contribution in [-0.4, -0.2) is 47.7 Å². The van der Waals surface area contributed by atoms with Gasteiger partial charge in [0.05, 0.1) is 13.1 Å². The number of hydrogen-bond donors (Lipinski definition) is 0. The fourth-order valence-corrected chi connectivity index (χ4v) is 3.06. The first-order chi connectivity index (χ1) is 8.59. The Morgan fingerprint density at radius 3 is 2.16 bits per heavy atom. The largest absolute Gasteiger partial charge is 0.443 e. The van der Waals surface area contributed by atoms with E-state index in [2.05, 4.69) is 0 Å². The third-order valence-electron chi connectivity index (χ3n) is 2.40. The SMILES string of the molecule is CCCC(=O)N1CCN(C(=O)OC(C)(C)C)S1(=O)=O. The Morgan fingerprint density at radius 2 is 1.68 bits per heavy atom. The Labute approximate surface area is 113 Å². The van der Waals surface area contributed by atoms with E-state index in [1.807, 2.05) is 0 Å². The van der Waals surface area contributed by atoms with Crippen molar-refractivity contribution in [2.45, 2.75) is 46.1 Å². The number of hydrogen-bond acceptors (Lipinski definition) is 5. The van der Waals surface area contributed by atoms with Crippen LogP contribution in [0.4, 0.5) is 4.79 Å². The lowest BCUT2D eigenvalue weighted by atomic mass is 10.2. The molecule has 110 valence electrons. The predicted octanol–water partition coefficient (Wildman–Crippen LogP) is 1.11. The van der Waals surface area contributed by atoms with Crippen molar-refractivity contribution in [3.8, 4) is 0 Å². The molecule has 2 amide bonds. The molecule has 1 aliphatic rings. The zero-order valence-electron chi connectivity index (χ0n) is 11.7. The first kappa shape index (κ1) is 15.7. The van der Waals surface area contributed by atoms with E-state index in [9.17, 15) is 18.0 Å². The predicted molar refractivity (Wildman–Crippen MR) is 68.5 cm³/mol. The van der Waals surface area contributed by atoms with Gasteiger partial charge in [0.1, 0.15) is 5.60 Å². The van der Waals surface area contributed by atoms with Crippen LogP contribution in [0.3, 0.4) is 0 Å². The van der Waals surface area contributed by atoms with E-state index in [1.54, 1.807) is 27.7 Å². The average Bonchev–Trinajstić information content (AvgIpc) is 2.51. The second-order valence-corrected chi connectivity index (χ2v) is 7.05. The number of ether oxygens (including phenoxy) is 1. The van der Waals surface area contributed by atoms with Crippen molar-refractivity contribution in [2.75, 3.05) is 13.1 Å². The summed E-state index contributed by atoms with van der Waals surface area (Å²) in [6.07, 6.45) is -0.252.